The molecule has 0 unspecified atom stereocenters. The SMILES string of the molecule is CN1CC=c2cccc(Cl)c2=C2C1=Cc1ccccc12. The lowest BCUT2D eigenvalue weighted by atomic mass is 10.0. The Balaban J connectivity index is 2.24. The molecule has 0 bridgehead atoms. The number of nitrogens with zero attached hydrogens (tertiary/aromatic N) is 1. The summed E-state index contributed by atoms with van der Waals surface area (Å²) in [5.41, 5.74) is 5.07. The molecule has 0 amide bonds. The van der Waals surface area contributed by atoms with E-state index < -0.39 is 0 Å². The molecular formula is C18H14ClN. The molecule has 1 nitrogen and oxygen atoms in total. The minimum atomic E-state index is 0.826. The summed E-state index contributed by atoms with van der Waals surface area (Å²) in [6.07, 6.45) is 4.51. The molecule has 0 radical (unpaired) electrons. The number of halogens is 1. The number of hydrogen-bond acceptors (Lipinski definition) is 1. The van der Waals surface area contributed by atoms with Crippen molar-refractivity contribution in [1.82, 2.24) is 4.90 Å². The summed E-state index contributed by atoms with van der Waals surface area (Å²) >= 11 is 6.51. The largest absolute Gasteiger partial charge is 0.370 e. The molecule has 0 saturated heterocycles. The summed E-state index contributed by atoms with van der Waals surface area (Å²) in [5, 5.41) is 3.21. The first-order valence-corrected chi connectivity index (χ1v) is 7.15. The Morgan fingerprint density at radius 1 is 1.05 bits per heavy atom. The zero-order valence-electron chi connectivity index (χ0n) is 11.2. The van der Waals surface area contributed by atoms with Gasteiger partial charge in [-0.2, -0.15) is 0 Å². The number of rotatable bonds is 0. The summed E-state index contributed by atoms with van der Waals surface area (Å²) in [6.45, 7) is 0.899. The Morgan fingerprint density at radius 2 is 1.90 bits per heavy atom. The van der Waals surface area contributed by atoms with Crippen molar-refractivity contribution in [2.24, 2.45) is 0 Å². The van der Waals surface area contributed by atoms with Gasteiger partial charge in [0, 0.05) is 35.1 Å². The standard InChI is InChI=1S/C18H14ClN/c1-20-10-9-12-6-4-8-15(19)17(12)18-14-7-3-2-5-13(14)11-16(18)20/h2-9,11H,10H2,1H3. The van der Waals surface area contributed by atoms with Gasteiger partial charge in [-0.25, -0.2) is 0 Å². The number of allylic oxidation sites excluding steroid dienone is 1. The summed E-state index contributed by atoms with van der Waals surface area (Å²) in [7, 11) is 2.13. The van der Waals surface area contributed by atoms with Gasteiger partial charge in [-0.3, -0.25) is 0 Å². The van der Waals surface area contributed by atoms with Crippen LogP contribution < -0.4 is 10.4 Å². The van der Waals surface area contributed by atoms with E-state index in [1.807, 2.05) is 12.1 Å². The Hall–Kier alpha value is -1.99. The zero-order valence-corrected chi connectivity index (χ0v) is 12.0. The monoisotopic (exact) mass is 279 g/mol. The van der Waals surface area contributed by atoms with Crippen LogP contribution in [0.15, 0.2) is 48.2 Å². The fourth-order valence-corrected chi connectivity index (χ4v) is 3.36. The van der Waals surface area contributed by atoms with Crippen molar-refractivity contribution in [3.05, 3.63) is 74.7 Å². The van der Waals surface area contributed by atoms with E-state index in [0.717, 1.165) is 16.8 Å². The van der Waals surface area contributed by atoms with Crippen molar-refractivity contribution in [1.29, 1.82) is 0 Å². The summed E-state index contributed by atoms with van der Waals surface area (Å²) in [4.78, 5) is 2.28. The molecule has 2 aliphatic rings. The van der Waals surface area contributed by atoms with Crippen LogP contribution in [0, 0.1) is 0 Å². The van der Waals surface area contributed by atoms with E-state index in [4.69, 9.17) is 11.6 Å². The lowest BCUT2D eigenvalue weighted by molar-refractivity contribution is 0.502. The molecule has 20 heavy (non-hydrogen) atoms. The zero-order chi connectivity index (χ0) is 13.7. The van der Waals surface area contributed by atoms with Crippen LogP contribution in [-0.4, -0.2) is 18.5 Å². The number of hydrogen-bond donors (Lipinski definition) is 0. The molecule has 0 saturated carbocycles. The molecule has 4 rings (SSSR count). The Kier molecular flexibility index (Phi) is 2.51. The van der Waals surface area contributed by atoms with Gasteiger partial charge >= 0.3 is 0 Å². The maximum Gasteiger partial charge on any atom is 0.0491 e. The minimum Gasteiger partial charge on any atom is -0.370 e. The highest BCUT2D eigenvalue weighted by atomic mass is 35.5. The van der Waals surface area contributed by atoms with Crippen molar-refractivity contribution in [3.63, 3.8) is 0 Å². The first-order valence-electron chi connectivity index (χ1n) is 6.77. The highest BCUT2D eigenvalue weighted by molar-refractivity contribution is 6.31. The average molecular weight is 280 g/mol. The smallest absolute Gasteiger partial charge is 0.0491 e. The third-order valence-electron chi connectivity index (χ3n) is 4.07. The predicted octanol–water partition coefficient (Wildman–Crippen LogP) is 2.62. The van der Waals surface area contributed by atoms with Gasteiger partial charge in [-0.05, 0) is 28.5 Å². The molecule has 0 aromatic heterocycles. The van der Waals surface area contributed by atoms with E-state index in [-0.39, 0.29) is 0 Å². The molecule has 0 atom stereocenters. The van der Waals surface area contributed by atoms with Gasteiger partial charge in [0.15, 0.2) is 0 Å². The Bertz CT molecular complexity index is 861. The molecule has 1 aliphatic heterocycles. The summed E-state index contributed by atoms with van der Waals surface area (Å²) in [5.74, 6) is 0. The Morgan fingerprint density at radius 3 is 2.80 bits per heavy atom. The molecular weight excluding hydrogens is 266 g/mol. The van der Waals surface area contributed by atoms with Crippen molar-refractivity contribution in [3.8, 4) is 0 Å². The van der Waals surface area contributed by atoms with E-state index in [1.165, 1.54) is 27.6 Å². The first kappa shape index (κ1) is 11.8. The van der Waals surface area contributed by atoms with Crippen molar-refractivity contribution < 1.29 is 0 Å². The highest BCUT2D eigenvalue weighted by Crippen LogP contribution is 2.35. The third kappa shape index (κ3) is 1.56. The van der Waals surface area contributed by atoms with Gasteiger partial charge < -0.3 is 4.90 Å². The third-order valence-corrected chi connectivity index (χ3v) is 4.39. The second-order valence-electron chi connectivity index (χ2n) is 5.28. The van der Waals surface area contributed by atoms with Crippen LogP contribution in [0.25, 0.3) is 17.7 Å². The van der Waals surface area contributed by atoms with E-state index in [2.05, 4.69) is 54.4 Å². The van der Waals surface area contributed by atoms with Gasteiger partial charge in [0.25, 0.3) is 0 Å². The number of likely N-dealkylation sites (N-methyl/N-ethyl adjacent to an activating group) is 1. The normalized spacial score (nSPS) is 15.8. The van der Waals surface area contributed by atoms with E-state index in [0.29, 0.717) is 0 Å². The van der Waals surface area contributed by atoms with Gasteiger partial charge in [-0.1, -0.05) is 54.1 Å². The fourth-order valence-electron chi connectivity index (χ4n) is 3.08. The molecule has 2 aromatic rings. The van der Waals surface area contributed by atoms with Gasteiger partial charge in [0.05, 0.1) is 0 Å². The second kappa shape index (κ2) is 4.26. The lowest BCUT2D eigenvalue weighted by Gasteiger charge is -2.19. The summed E-state index contributed by atoms with van der Waals surface area (Å²) in [6, 6.07) is 14.7. The second-order valence-corrected chi connectivity index (χ2v) is 5.69. The van der Waals surface area contributed by atoms with E-state index in [9.17, 15) is 0 Å². The summed E-state index contributed by atoms with van der Waals surface area (Å²) < 4.78 is 0. The van der Waals surface area contributed by atoms with Crippen molar-refractivity contribution in [2.75, 3.05) is 13.6 Å². The van der Waals surface area contributed by atoms with Crippen molar-refractivity contribution in [2.45, 2.75) is 0 Å². The quantitative estimate of drug-likeness (QED) is 0.717. The van der Waals surface area contributed by atoms with Gasteiger partial charge in [0.1, 0.15) is 0 Å². The van der Waals surface area contributed by atoms with Crippen LogP contribution >= 0.6 is 11.6 Å². The van der Waals surface area contributed by atoms with E-state index in [1.54, 1.807) is 0 Å². The molecule has 1 heterocycles. The van der Waals surface area contributed by atoms with Gasteiger partial charge in [-0.15, -0.1) is 0 Å². The average Bonchev–Trinajstić information content (AvgIpc) is 2.77. The molecule has 0 fully saturated rings. The topological polar surface area (TPSA) is 3.24 Å². The molecule has 0 N–H and O–H groups in total. The van der Waals surface area contributed by atoms with Crippen molar-refractivity contribution >= 4 is 29.3 Å². The Labute approximate surface area is 123 Å². The van der Waals surface area contributed by atoms with Crippen LogP contribution in [0.1, 0.15) is 11.1 Å². The van der Waals surface area contributed by atoms with Crippen LogP contribution in [0.2, 0.25) is 5.02 Å². The fraction of sp³-hybridized carbons (Fsp3) is 0.111. The predicted molar refractivity (Wildman–Crippen MR) is 84.7 cm³/mol. The molecule has 2 heteroatoms. The minimum absolute atomic E-state index is 0.826. The maximum atomic E-state index is 6.51. The molecule has 2 aromatic carbocycles. The van der Waals surface area contributed by atoms with E-state index >= 15 is 0 Å². The van der Waals surface area contributed by atoms with Gasteiger partial charge in [0.2, 0.25) is 0 Å². The lowest BCUT2D eigenvalue weighted by Crippen LogP contribution is -2.27. The first-order chi connectivity index (χ1) is 9.75. The molecule has 1 aliphatic carbocycles. The van der Waals surface area contributed by atoms with Crippen LogP contribution in [-0.2, 0) is 0 Å². The molecule has 98 valence electrons. The van der Waals surface area contributed by atoms with Crippen LogP contribution in [0.5, 0.6) is 0 Å². The van der Waals surface area contributed by atoms with Crippen LogP contribution in [0.3, 0.4) is 0 Å². The number of fused-ring (bicyclic) bond motifs is 4. The number of benzene rings is 2. The maximum absolute atomic E-state index is 6.51. The highest BCUT2D eigenvalue weighted by Gasteiger charge is 2.23. The molecule has 0 spiro atoms. The van der Waals surface area contributed by atoms with Crippen LogP contribution in [0.4, 0.5) is 0 Å².